The van der Waals surface area contributed by atoms with Crippen LogP contribution in [0.25, 0.3) is 0 Å². The number of carbonyl (C=O) groups is 2. The van der Waals surface area contributed by atoms with Crippen molar-refractivity contribution in [1.29, 1.82) is 0 Å². The van der Waals surface area contributed by atoms with Crippen molar-refractivity contribution < 1.29 is 14.3 Å². The zero-order valence-corrected chi connectivity index (χ0v) is 12.0. The Labute approximate surface area is 123 Å². The van der Waals surface area contributed by atoms with Crippen molar-refractivity contribution in [2.45, 2.75) is 32.3 Å². The number of nitrogens with one attached hydrogen (secondary N) is 1. The van der Waals surface area contributed by atoms with Crippen LogP contribution in [0.15, 0.2) is 24.3 Å². The number of ether oxygens (including phenoxy) is 1. The lowest BCUT2D eigenvalue weighted by molar-refractivity contribution is -0.145. The van der Waals surface area contributed by atoms with E-state index in [2.05, 4.69) is 12.2 Å². The van der Waals surface area contributed by atoms with Crippen LogP contribution in [0, 0.1) is 23.7 Å². The number of hydrogen-bond acceptors (Lipinski definition) is 3. The van der Waals surface area contributed by atoms with Crippen molar-refractivity contribution >= 4 is 17.6 Å². The number of anilines is 1. The summed E-state index contributed by atoms with van der Waals surface area (Å²) in [5, 5.41) is 3.04. The van der Waals surface area contributed by atoms with Crippen LogP contribution in [0.2, 0.25) is 0 Å². The van der Waals surface area contributed by atoms with Crippen LogP contribution in [-0.4, -0.2) is 18.0 Å². The molecular formula is C17H19NO3. The molecule has 1 aliphatic heterocycles. The largest absolute Gasteiger partial charge is 0.462 e. The molecule has 1 N–H and O–H groups in total. The van der Waals surface area contributed by atoms with Crippen LogP contribution in [0.5, 0.6) is 0 Å². The van der Waals surface area contributed by atoms with Crippen LogP contribution < -0.4 is 5.32 Å². The second-order valence-electron chi connectivity index (χ2n) is 6.42. The molecule has 3 aliphatic rings. The van der Waals surface area contributed by atoms with Crippen LogP contribution >= 0.6 is 0 Å². The fraction of sp³-hybridized carbons (Fsp3) is 0.529. The van der Waals surface area contributed by atoms with Gasteiger partial charge in [0.1, 0.15) is 6.10 Å². The summed E-state index contributed by atoms with van der Waals surface area (Å²) in [6.45, 7) is 2.07. The van der Waals surface area contributed by atoms with E-state index in [1.165, 1.54) is 0 Å². The van der Waals surface area contributed by atoms with E-state index in [-0.39, 0.29) is 35.7 Å². The van der Waals surface area contributed by atoms with Crippen LogP contribution in [0.3, 0.4) is 0 Å². The highest BCUT2D eigenvalue weighted by atomic mass is 16.6. The van der Waals surface area contributed by atoms with Gasteiger partial charge in [-0.1, -0.05) is 25.1 Å². The molecule has 4 rings (SSSR count). The minimum absolute atomic E-state index is 0.00861. The molecule has 3 fully saturated rings. The second kappa shape index (κ2) is 4.58. The van der Waals surface area contributed by atoms with Gasteiger partial charge in [-0.3, -0.25) is 9.59 Å². The number of aryl methyl sites for hydroxylation is 1. The number of fused-ring (bicyclic) bond motifs is 1. The Morgan fingerprint density at radius 2 is 2.14 bits per heavy atom. The minimum Gasteiger partial charge on any atom is -0.462 e. The van der Waals surface area contributed by atoms with Crippen molar-refractivity contribution in [2.24, 2.45) is 23.7 Å². The number of rotatable bonds is 3. The number of carbonyl (C=O) groups excluding carboxylic acids is 2. The third-order valence-corrected chi connectivity index (χ3v) is 5.44. The van der Waals surface area contributed by atoms with Crippen LogP contribution in [0.4, 0.5) is 5.69 Å². The van der Waals surface area contributed by atoms with E-state index in [0.717, 1.165) is 30.5 Å². The van der Waals surface area contributed by atoms with E-state index in [1.54, 1.807) is 0 Å². The molecule has 5 atom stereocenters. The fourth-order valence-corrected chi connectivity index (χ4v) is 4.53. The highest BCUT2D eigenvalue weighted by molar-refractivity contribution is 5.97. The van der Waals surface area contributed by atoms with Crippen molar-refractivity contribution in [3.63, 3.8) is 0 Å². The minimum atomic E-state index is -0.206. The van der Waals surface area contributed by atoms with E-state index < -0.39 is 0 Å². The van der Waals surface area contributed by atoms with Gasteiger partial charge in [-0.05, 0) is 36.8 Å². The SMILES string of the molecule is CCc1ccccc1NC(=O)[C@@H]1[C@@H]2C[C@@H]3[C@@H]1C(=O)O[C@H]3C2. The molecule has 1 aromatic carbocycles. The molecule has 0 radical (unpaired) electrons. The first-order chi connectivity index (χ1) is 10.2. The monoisotopic (exact) mass is 285 g/mol. The molecule has 2 aliphatic carbocycles. The molecule has 0 aromatic heterocycles. The Kier molecular flexibility index (Phi) is 2.81. The van der Waals surface area contributed by atoms with Gasteiger partial charge in [0.2, 0.25) is 5.91 Å². The van der Waals surface area contributed by atoms with Gasteiger partial charge < -0.3 is 10.1 Å². The average Bonchev–Trinajstić information content (AvgIpc) is 3.09. The summed E-state index contributed by atoms with van der Waals surface area (Å²) in [5.74, 6) is 0.0123. The highest BCUT2D eigenvalue weighted by Crippen LogP contribution is 2.57. The number of hydrogen-bond donors (Lipinski definition) is 1. The Morgan fingerprint density at radius 3 is 2.95 bits per heavy atom. The molecule has 1 aromatic rings. The Morgan fingerprint density at radius 1 is 1.33 bits per heavy atom. The Balaban J connectivity index is 1.57. The number of amides is 1. The van der Waals surface area contributed by atoms with Crippen molar-refractivity contribution in [3.8, 4) is 0 Å². The van der Waals surface area contributed by atoms with E-state index in [1.807, 2.05) is 24.3 Å². The van der Waals surface area contributed by atoms with E-state index in [4.69, 9.17) is 4.74 Å². The van der Waals surface area contributed by atoms with Crippen LogP contribution in [0.1, 0.15) is 25.3 Å². The highest BCUT2D eigenvalue weighted by Gasteiger charge is 2.63. The predicted molar refractivity (Wildman–Crippen MR) is 77.5 cm³/mol. The summed E-state index contributed by atoms with van der Waals surface area (Å²) in [5.41, 5.74) is 2.00. The average molecular weight is 285 g/mol. The topological polar surface area (TPSA) is 55.4 Å². The van der Waals surface area contributed by atoms with Crippen molar-refractivity contribution in [1.82, 2.24) is 0 Å². The first-order valence-corrected chi connectivity index (χ1v) is 7.78. The number of benzene rings is 1. The standard InChI is InChI=1S/C17H19NO3/c1-2-9-5-3-4-6-12(9)18-16(19)14-10-7-11-13(8-10)21-17(20)15(11)14/h3-6,10-11,13-15H,2,7-8H2,1H3,(H,18,19)/t10-,11+,13+,14-,15+/m1/s1. The molecule has 1 saturated heterocycles. The maximum absolute atomic E-state index is 12.7. The molecular weight excluding hydrogens is 266 g/mol. The van der Waals surface area contributed by atoms with Crippen molar-refractivity contribution in [3.05, 3.63) is 29.8 Å². The molecule has 1 amide bonds. The zero-order chi connectivity index (χ0) is 14.6. The lowest BCUT2D eigenvalue weighted by atomic mass is 9.79. The van der Waals surface area contributed by atoms with Gasteiger partial charge in [-0.25, -0.2) is 0 Å². The maximum Gasteiger partial charge on any atom is 0.310 e. The smallest absolute Gasteiger partial charge is 0.310 e. The van der Waals surface area contributed by atoms with E-state index in [9.17, 15) is 9.59 Å². The Hall–Kier alpha value is -1.84. The lowest BCUT2D eigenvalue weighted by Gasteiger charge is -2.24. The van der Waals surface area contributed by atoms with Gasteiger partial charge in [0.25, 0.3) is 0 Å². The van der Waals surface area contributed by atoms with Gasteiger partial charge >= 0.3 is 5.97 Å². The molecule has 2 bridgehead atoms. The molecule has 4 nitrogen and oxygen atoms in total. The van der Waals surface area contributed by atoms with Gasteiger partial charge in [0, 0.05) is 11.6 Å². The van der Waals surface area contributed by atoms with Gasteiger partial charge in [0.05, 0.1) is 11.8 Å². The third kappa shape index (κ3) is 1.81. The molecule has 0 spiro atoms. The van der Waals surface area contributed by atoms with Crippen LogP contribution in [-0.2, 0) is 20.7 Å². The summed E-state index contributed by atoms with van der Waals surface area (Å²) in [7, 11) is 0. The molecule has 1 heterocycles. The van der Waals surface area contributed by atoms with Gasteiger partial charge in [0.15, 0.2) is 0 Å². The molecule has 4 heteroatoms. The summed E-state index contributed by atoms with van der Waals surface area (Å²) in [6, 6.07) is 7.86. The second-order valence-corrected chi connectivity index (χ2v) is 6.42. The molecule has 21 heavy (non-hydrogen) atoms. The number of esters is 1. The summed E-state index contributed by atoms with van der Waals surface area (Å²) < 4.78 is 5.40. The predicted octanol–water partition coefficient (Wildman–Crippen LogP) is 2.39. The number of para-hydroxylation sites is 1. The van der Waals surface area contributed by atoms with E-state index >= 15 is 0 Å². The third-order valence-electron chi connectivity index (χ3n) is 5.44. The normalized spacial score (nSPS) is 35.9. The quantitative estimate of drug-likeness (QED) is 0.868. The first kappa shape index (κ1) is 12.9. The molecule has 110 valence electrons. The maximum atomic E-state index is 12.7. The fourth-order valence-electron chi connectivity index (χ4n) is 4.53. The molecule has 0 unspecified atom stereocenters. The van der Waals surface area contributed by atoms with Gasteiger partial charge in [-0.15, -0.1) is 0 Å². The van der Waals surface area contributed by atoms with Gasteiger partial charge in [-0.2, -0.15) is 0 Å². The summed E-state index contributed by atoms with van der Waals surface area (Å²) >= 11 is 0. The Bertz CT molecular complexity index is 610. The summed E-state index contributed by atoms with van der Waals surface area (Å²) in [4.78, 5) is 24.7. The first-order valence-electron chi connectivity index (χ1n) is 7.78. The van der Waals surface area contributed by atoms with E-state index in [0.29, 0.717) is 5.92 Å². The molecule has 2 saturated carbocycles. The summed E-state index contributed by atoms with van der Waals surface area (Å²) in [6.07, 6.45) is 2.79. The lowest BCUT2D eigenvalue weighted by Crippen LogP contribution is -2.36. The zero-order valence-electron chi connectivity index (χ0n) is 12.0. The van der Waals surface area contributed by atoms with Crippen molar-refractivity contribution in [2.75, 3.05) is 5.32 Å².